The van der Waals surface area contributed by atoms with E-state index in [-0.39, 0.29) is 34.5 Å². The largest absolute Gasteiger partial charge is 0.443 e. The van der Waals surface area contributed by atoms with E-state index in [0.717, 1.165) is 6.07 Å². The number of ether oxygens (including phenoxy) is 1. The minimum atomic E-state index is -0.721. The van der Waals surface area contributed by atoms with Crippen molar-refractivity contribution in [3.05, 3.63) is 70.8 Å². The first-order valence-electron chi connectivity index (χ1n) is 7.81. The third-order valence-electron chi connectivity index (χ3n) is 3.39. The fourth-order valence-corrected chi connectivity index (χ4v) is 2.28. The summed E-state index contributed by atoms with van der Waals surface area (Å²) in [7, 11) is 0. The Balaban J connectivity index is 1.71. The summed E-state index contributed by atoms with van der Waals surface area (Å²) in [5, 5.41) is 19.0. The molecule has 0 fully saturated rings. The molecule has 0 aliphatic carbocycles. The summed E-state index contributed by atoms with van der Waals surface area (Å²) in [6.45, 7) is -0.303. The Morgan fingerprint density at radius 1 is 1.25 bits per heavy atom. The van der Waals surface area contributed by atoms with E-state index in [1.807, 2.05) is 5.48 Å². The van der Waals surface area contributed by atoms with E-state index in [4.69, 9.17) is 16.3 Å². The van der Waals surface area contributed by atoms with Gasteiger partial charge in [0.25, 0.3) is 0 Å². The maximum Gasteiger partial charge on any atom is 0.412 e. The molecule has 3 aromatic rings. The Kier molecular flexibility index (Phi) is 6.14. The number of hydrogen-bond donors (Lipinski definition) is 3. The monoisotopic (exact) mass is 405 g/mol. The lowest BCUT2D eigenvalue weighted by molar-refractivity contribution is 0.151. The van der Waals surface area contributed by atoms with Crippen LogP contribution in [0.4, 0.5) is 20.6 Å². The molecular formula is C17H13ClFN5O4. The van der Waals surface area contributed by atoms with Crippen LogP contribution >= 0.6 is 11.6 Å². The first-order valence-corrected chi connectivity index (χ1v) is 8.19. The smallest absolute Gasteiger partial charge is 0.412 e. The van der Waals surface area contributed by atoms with Gasteiger partial charge in [-0.25, -0.2) is 18.8 Å². The highest BCUT2D eigenvalue weighted by molar-refractivity contribution is 6.31. The second kappa shape index (κ2) is 8.93. The number of para-hydroxylation sites is 1. The molecule has 0 radical (unpaired) electrons. The predicted molar refractivity (Wildman–Crippen MR) is 97.1 cm³/mol. The zero-order valence-electron chi connectivity index (χ0n) is 14.1. The van der Waals surface area contributed by atoms with Crippen molar-refractivity contribution in [1.29, 1.82) is 0 Å². The zero-order chi connectivity index (χ0) is 19.9. The average molecular weight is 406 g/mol. The number of carbonyl (C=O) groups is 1. The van der Waals surface area contributed by atoms with E-state index in [1.54, 1.807) is 30.3 Å². The van der Waals surface area contributed by atoms with Gasteiger partial charge in [0, 0.05) is 5.69 Å². The number of halogens is 2. The van der Waals surface area contributed by atoms with Crippen molar-refractivity contribution >= 4 is 34.9 Å². The van der Waals surface area contributed by atoms with Crippen LogP contribution < -0.4 is 10.8 Å². The van der Waals surface area contributed by atoms with Gasteiger partial charge in [-0.3, -0.25) is 16.0 Å². The van der Waals surface area contributed by atoms with Crippen molar-refractivity contribution < 1.29 is 23.8 Å². The van der Waals surface area contributed by atoms with Gasteiger partial charge < -0.3 is 4.74 Å². The van der Waals surface area contributed by atoms with Crippen molar-refractivity contribution in [2.45, 2.75) is 6.61 Å². The van der Waals surface area contributed by atoms with Crippen molar-refractivity contribution in [3.63, 3.8) is 0 Å². The van der Waals surface area contributed by atoms with Crippen LogP contribution in [-0.2, 0) is 11.3 Å². The third-order valence-corrected chi connectivity index (χ3v) is 3.68. The topological polar surface area (TPSA) is 122 Å². The van der Waals surface area contributed by atoms with Crippen LogP contribution in [0.2, 0.25) is 5.02 Å². The lowest BCUT2D eigenvalue weighted by Gasteiger charge is -2.06. The highest BCUT2D eigenvalue weighted by Crippen LogP contribution is 2.22. The highest BCUT2D eigenvalue weighted by Gasteiger charge is 2.18. The molecule has 3 N–H and O–H groups in total. The average Bonchev–Trinajstić information content (AvgIpc) is 3.16. The van der Waals surface area contributed by atoms with Gasteiger partial charge in [0.2, 0.25) is 0 Å². The Labute approximate surface area is 162 Å². The Hall–Kier alpha value is -3.50. The van der Waals surface area contributed by atoms with Gasteiger partial charge in [0.05, 0.1) is 10.7 Å². The number of aliphatic imine (C=N–C) groups is 1. The number of anilines is 1. The lowest BCUT2D eigenvalue weighted by atomic mass is 10.3. The van der Waals surface area contributed by atoms with Crippen molar-refractivity contribution in [2.24, 2.45) is 4.99 Å². The summed E-state index contributed by atoms with van der Waals surface area (Å²) < 4.78 is 22.9. The van der Waals surface area contributed by atoms with Crippen LogP contribution in [0.5, 0.6) is 0 Å². The van der Waals surface area contributed by atoms with E-state index >= 15 is 0 Å². The molecule has 2 aromatic carbocycles. The molecule has 0 aliphatic rings. The second-order valence-corrected chi connectivity index (χ2v) is 5.70. The molecule has 9 nitrogen and oxygen atoms in total. The fraction of sp³-hybridized carbons (Fsp3) is 0.0588. The summed E-state index contributed by atoms with van der Waals surface area (Å²) in [6.07, 6.45) is -0.721. The number of rotatable bonds is 5. The number of nitrogens with one attached hydrogen (secondary N) is 2. The van der Waals surface area contributed by atoms with Crippen molar-refractivity contribution in [1.82, 2.24) is 15.8 Å². The van der Waals surface area contributed by atoms with Crippen LogP contribution in [0.15, 0.2) is 58.2 Å². The number of amides is 1. The van der Waals surface area contributed by atoms with Gasteiger partial charge in [-0.15, -0.1) is 0 Å². The zero-order valence-corrected chi connectivity index (χ0v) is 14.9. The maximum atomic E-state index is 13.3. The summed E-state index contributed by atoms with van der Waals surface area (Å²) in [5.41, 5.74) is 2.73. The fourth-order valence-electron chi connectivity index (χ4n) is 2.10. The molecule has 0 atom stereocenters. The molecule has 1 amide bonds. The van der Waals surface area contributed by atoms with E-state index in [2.05, 4.69) is 25.3 Å². The molecule has 1 aromatic heterocycles. The number of hydroxylamine groups is 1. The van der Waals surface area contributed by atoms with E-state index < -0.39 is 11.9 Å². The number of carbonyl (C=O) groups excluding carboxylic acids is 1. The predicted octanol–water partition coefficient (Wildman–Crippen LogP) is 3.67. The highest BCUT2D eigenvalue weighted by atomic mass is 35.5. The Bertz CT molecular complexity index is 996. The SMILES string of the molecule is O=C(Nc1ccccc1)OCc1nonc1C(=Nc1ccc(F)c(Cl)c1)NO. The second-order valence-electron chi connectivity index (χ2n) is 5.30. The Morgan fingerprint density at radius 3 is 2.75 bits per heavy atom. The maximum absolute atomic E-state index is 13.3. The molecule has 0 bridgehead atoms. The number of amidine groups is 1. The third kappa shape index (κ3) is 4.81. The molecule has 11 heteroatoms. The molecule has 0 saturated heterocycles. The van der Waals surface area contributed by atoms with Crippen molar-refractivity contribution in [3.8, 4) is 0 Å². The normalized spacial score (nSPS) is 11.2. The first-order chi connectivity index (χ1) is 13.6. The summed E-state index contributed by atoms with van der Waals surface area (Å²) in [6, 6.07) is 12.4. The number of aromatic nitrogens is 2. The van der Waals surface area contributed by atoms with Gasteiger partial charge in [-0.05, 0) is 35.5 Å². The summed E-state index contributed by atoms with van der Waals surface area (Å²) >= 11 is 5.71. The first kappa shape index (κ1) is 19.3. The Morgan fingerprint density at radius 2 is 2.04 bits per heavy atom. The van der Waals surface area contributed by atoms with Crippen LogP contribution in [0.3, 0.4) is 0 Å². The molecule has 144 valence electrons. The van der Waals surface area contributed by atoms with Gasteiger partial charge in [0.1, 0.15) is 12.4 Å². The van der Waals surface area contributed by atoms with Gasteiger partial charge >= 0.3 is 6.09 Å². The minimum Gasteiger partial charge on any atom is -0.443 e. The molecule has 0 unspecified atom stereocenters. The van der Waals surface area contributed by atoms with E-state index in [1.165, 1.54) is 12.1 Å². The quantitative estimate of drug-likeness (QED) is 0.336. The van der Waals surface area contributed by atoms with Crippen molar-refractivity contribution in [2.75, 3.05) is 5.32 Å². The molecule has 28 heavy (non-hydrogen) atoms. The molecular weight excluding hydrogens is 393 g/mol. The van der Waals surface area contributed by atoms with Gasteiger partial charge in [-0.1, -0.05) is 35.0 Å². The van der Waals surface area contributed by atoms with Gasteiger partial charge in [-0.2, -0.15) is 0 Å². The molecule has 0 spiro atoms. The van der Waals surface area contributed by atoms with E-state index in [0.29, 0.717) is 5.69 Å². The number of hydrogen-bond acceptors (Lipinski definition) is 7. The van der Waals surface area contributed by atoms with Gasteiger partial charge in [0.15, 0.2) is 17.2 Å². The molecule has 1 heterocycles. The minimum absolute atomic E-state index is 0.00421. The number of nitrogens with zero attached hydrogens (tertiary/aromatic N) is 3. The standard InChI is InChI=1S/C17H13ClFN5O4/c18-12-8-11(6-7-13(12)19)20-16(22-26)15-14(23-28-24-15)9-27-17(25)21-10-4-2-1-3-5-10/h1-8,26H,9H2,(H,20,22)(H,21,25). The molecule has 3 rings (SSSR count). The summed E-state index contributed by atoms with van der Waals surface area (Å²) in [5.74, 6) is -0.772. The molecule has 0 aliphatic heterocycles. The van der Waals surface area contributed by atoms with Crippen LogP contribution in [-0.4, -0.2) is 27.4 Å². The number of benzene rings is 2. The van der Waals surface area contributed by atoms with Crippen LogP contribution in [0, 0.1) is 5.82 Å². The van der Waals surface area contributed by atoms with Crippen LogP contribution in [0.1, 0.15) is 11.4 Å². The van der Waals surface area contributed by atoms with Crippen LogP contribution in [0.25, 0.3) is 0 Å². The van der Waals surface area contributed by atoms with E-state index in [9.17, 15) is 14.4 Å². The summed E-state index contributed by atoms with van der Waals surface area (Å²) in [4.78, 5) is 15.9. The molecule has 0 saturated carbocycles. The lowest BCUT2D eigenvalue weighted by Crippen LogP contribution is -2.23.